The van der Waals surface area contributed by atoms with Gasteiger partial charge in [-0.1, -0.05) is 38.5 Å². The van der Waals surface area contributed by atoms with Gasteiger partial charge in [0.25, 0.3) is 0 Å². The summed E-state index contributed by atoms with van der Waals surface area (Å²) >= 11 is 0. The van der Waals surface area contributed by atoms with Gasteiger partial charge in [0.15, 0.2) is 0 Å². The van der Waals surface area contributed by atoms with Gasteiger partial charge in [-0.2, -0.15) is 0 Å². The van der Waals surface area contributed by atoms with Gasteiger partial charge >= 0.3 is 0 Å². The first-order valence-electron chi connectivity index (χ1n) is 8.86. The average Bonchev–Trinajstić information content (AvgIpc) is 2.48. The second kappa shape index (κ2) is 8.74. The molecule has 0 spiro atoms. The van der Waals surface area contributed by atoms with E-state index in [1.54, 1.807) is 0 Å². The lowest BCUT2D eigenvalue weighted by molar-refractivity contribution is -0.124. The molecule has 0 aromatic carbocycles. The van der Waals surface area contributed by atoms with Gasteiger partial charge in [0.1, 0.15) is 0 Å². The molecule has 2 fully saturated rings. The van der Waals surface area contributed by atoms with E-state index in [0.29, 0.717) is 25.2 Å². The van der Waals surface area contributed by atoms with Crippen LogP contribution in [0.25, 0.3) is 0 Å². The third-order valence-corrected chi connectivity index (χ3v) is 4.91. The molecule has 1 atom stereocenters. The maximum atomic E-state index is 12.3. The number of carbonyl (C=O) groups excluding carboxylic acids is 1. The number of nitrogens with one attached hydrogen (secondary N) is 1. The van der Waals surface area contributed by atoms with Crippen molar-refractivity contribution in [3.05, 3.63) is 0 Å². The lowest BCUT2D eigenvalue weighted by Crippen LogP contribution is -2.48. The van der Waals surface area contributed by atoms with Gasteiger partial charge in [0, 0.05) is 18.6 Å². The highest BCUT2D eigenvalue weighted by Gasteiger charge is 2.25. The summed E-state index contributed by atoms with van der Waals surface area (Å²) in [6, 6.07) is 0.858. The summed E-state index contributed by atoms with van der Waals surface area (Å²) in [6.07, 6.45) is 11.8. The molecule has 0 radical (unpaired) electrons. The minimum absolute atomic E-state index is 0.146. The van der Waals surface area contributed by atoms with E-state index in [9.17, 15) is 9.90 Å². The number of nitrogens with zero attached hydrogens (tertiary/aromatic N) is 1. The SMILES string of the molecule is CC(O)CN(CC(=O)NC1CCCCC1)C1CCCCC1. The van der Waals surface area contributed by atoms with Crippen LogP contribution in [-0.4, -0.2) is 47.2 Å². The third-order valence-electron chi connectivity index (χ3n) is 4.91. The summed E-state index contributed by atoms with van der Waals surface area (Å²) in [6.45, 7) is 2.88. The molecular formula is C17H32N2O2. The lowest BCUT2D eigenvalue weighted by Gasteiger charge is -2.35. The summed E-state index contributed by atoms with van der Waals surface area (Å²) in [5.74, 6) is 0.146. The first-order valence-corrected chi connectivity index (χ1v) is 8.86. The number of hydrogen-bond donors (Lipinski definition) is 2. The molecule has 0 saturated heterocycles. The zero-order valence-electron chi connectivity index (χ0n) is 13.5. The van der Waals surface area contributed by atoms with Crippen LogP contribution in [0.15, 0.2) is 0 Å². The summed E-state index contributed by atoms with van der Waals surface area (Å²) in [5.41, 5.74) is 0. The molecule has 2 N–H and O–H groups in total. The Kier molecular flexibility index (Phi) is 6.97. The van der Waals surface area contributed by atoms with Crippen LogP contribution in [0.4, 0.5) is 0 Å². The van der Waals surface area contributed by atoms with Crippen molar-refractivity contribution in [1.29, 1.82) is 0 Å². The second-order valence-corrected chi connectivity index (χ2v) is 6.97. The van der Waals surface area contributed by atoms with Crippen LogP contribution in [-0.2, 0) is 4.79 Å². The first kappa shape index (κ1) is 16.8. The second-order valence-electron chi connectivity index (χ2n) is 6.97. The fourth-order valence-corrected chi connectivity index (χ4v) is 3.83. The molecule has 122 valence electrons. The predicted molar refractivity (Wildman–Crippen MR) is 85.1 cm³/mol. The Hall–Kier alpha value is -0.610. The smallest absolute Gasteiger partial charge is 0.234 e. The van der Waals surface area contributed by atoms with Crippen molar-refractivity contribution in [2.45, 2.75) is 89.3 Å². The Morgan fingerprint density at radius 1 is 1.10 bits per heavy atom. The van der Waals surface area contributed by atoms with Gasteiger partial charge in [-0.3, -0.25) is 9.69 Å². The van der Waals surface area contributed by atoms with Crippen LogP contribution in [0, 0.1) is 0 Å². The van der Waals surface area contributed by atoms with Gasteiger partial charge in [-0.15, -0.1) is 0 Å². The zero-order valence-corrected chi connectivity index (χ0v) is 13.5. The van der Waals surface area contributed by atoms with Gasteiger partial charge < -0.3 is 10.4 Å². The predicted octanol–water partition coefficient (Wildman–Crippen LogP) is 2.45. The van der Waals surface area contributed by atoms with Crippen LogP contribution in [0.2, 0.25) is 0 Å². The fourth-order valence-electron chi connectivity index (χ4n) is 3.83. The number of carbonyl (C=O) groups is 1. The highest BCUT2D eigenvalue weighted by atomic mass is 16.3. The quantitative estimate of drug-likeness (QED) is 0.791. The summed E-state index contributed by atoms with van der Waals surface area (Å²) < 4.78 is 0. The monoisotopic (exact) mass is 296 g/mol. The van der Waals surface area contributed by atoms with E-state index < -0.39 is 0 Å². The first-order chi connectivity index (χ1) is 10.1. The number of aliphatic hydroxyl groups is 1. The molecule has 0 bridgehead atoms. The minimum atomic E-state index is -0.366. The fraction of sp³-hybridized carbons (Fsp3) is 0.941. The van der Waals surface area contributed by atoms with E-state index in [1.807, 2.05) is 6.92 Å². The van der Waals surface area contributed by atoms with Crippen LogP contribution in [0.3, 0.4) is 0 Å². The van der Waals surface area contributed by atoms with Crippen LogP contribution in [0.1, 0.15) is 71.1 Å². The van der Waals surface area contributed by atoms with Gasteiger partial charge in [-0.25, -0.2) is 0 Å². The molecule has 21 heavy (non-hydrogen) atoms. The highest BCUT2D eigenvalue weighted by Crippen LogP contribution is 2.23. The molecule has 0 heterocycles. The van der Waals surface area contributed by atoms with Crippen molar-refractivity contribution in [2.75, 3.05) is 13.1 Å². The molecule has 2 saturated carbocycles. The Bertz CT molecular complexity index is 308. The summed E-state index contributed by atoms with van der Waals surface area (Å²) in [5, 5.41) is 12.9. The molecule has 0 aromatic rings. The minimum Gasteiger partial charge on any atom is -0.392 e. The van der Waals surface area contributed by atoms with Crippen molar-refractivity contribution in [3.63, 3.8) is 0 Å². The Labute approximate surface area is 129 Å². The van der Waals surface area contributed by atoms with Crippen molar-refractivity contribution in [3.8, 4) is 0 Å². The van der Waals surface area contributed by atoms with Gasteiger partial charge in [-0.05, 0) is 32.6 Å². The molecule has 1 amide bonds. The van der Waals surface area contributed by atoms with Crippen molar-refractivity contribution < 1.29 is 9.90 Å². The topological polar surface area (TPSA) is 52.6 Å². The van der Waals surface area contributed by atoms with Crippen LogP contribution in [0.5, 0.6) is 0 Å². The lowest BCUT2D eigenvalue weighted by atomic mass is 9.93. The molecule has 2 aliphatic rings. The Balaban J connectivity index is 1.82. The standard InChI is InChI=1S/C17H32N2O2/c1-14(20)12-19(16-10-6-3-7-11-16)13-17(21)18-15-8-4-2-5-9-15/h14-16,20H,2-13H2,1H3,(H,18,21). The van der Waals surface area contributed by atoms with E-state index >= 15 is 0 Å². The largest absolute Gasteiger partial charge is 0.392 e. The van der Waals surface area contributed by atoms with Crippen molar-refractivity contribution in [2.24, 2.45) is 0 Å². The molecule has 1 unspecified atom stereocenters. The number of rotatable bonds is 6. The third kappa shape index (κ3) is 5.95. The Morgan fingerprint density at radius 3 is 2.24 bits per heavy atom. The van der Waals surface area contributed by atoms with E-state index in [1.165, 1.54) is 51.4 Å². The van der Waals surface area contributed by atoms with E-state index in [2.05, 4.69) is 10.2 Å². The molecule has 0 aliphatic heterocycles. The molecule has 4 nitrogen and oxygen atoms in total. The van der Waals surface area contributed by atoms with Crippen molar-refractivity contribution in [1.82, 2.24) is 10.2 Å². The average molecular weight is 296 g/mol. The molecule has 0 aromatic heterocycles. The maximum absolute atomic E-state index is 12.3. The normalized spacial score (nSPS) is 23.2. The van der Waals surface area contributed by atoms with Gasteiger partial charge in [0.05, 0.1) is 12.6 Å². The summed E-state index contributed by atoms with van der Waals surface area (Å²) in [7, 11) is 0. The zero-order chi connectivity index (χ0) is 15.1. The number of aliphatic hydroxyl groups excluding tert-OH is 1. The van der Waals surface area contributed by atoms with Crippen LogP contribution < -0.4 is 5.32 Å². The summed E-state index contributed by atoms with van der Waals surface area (Å²) in [4.78, 5) is 14.5. The Morgan fingerprint density at radius 2 is 1.67 bits per heavy atom. The van der Waals surface area contributed by atoms with Gasteiger partial charge in [0.2, 0.25) is 5.91 Å². The van der Waals surface area contributed by atoms with Crippen LogP contribution >= 0.6 is 0 Å². The number of hydrogen-bond acceptors (Lipinski definition) is 3. The highest BCUT2D eigenvalue weighted by molar-refractivity contribution is 5.78. The van der Waals surface area contributed by atoms with Crippen molar-refractivity contribution >= 4 is 5.91 Å². The van der Waals surface area contributed by atoms with E-state index in [0.717, 1.165) is 12.8 Å². The van der Waals surface area contributed by atoms with E-state index in [4.69, 9.17) is 0 Å². The molecular weight excluding hydrogens is 264 g/mol. The van der Waals surface area contributed by atoms with E-state index in [-0.39, 0.29) is 12.0 Å². The molecule has 2 rings (SSSR count). The maximum Gasteiger partial charge on any atom is 0.234 e. The number of amides is 1. The molecule has 4 heteroatoms. The molecule has 2 aliphatic carbocycles.